The molecule has 1 heterocycles. The monoisotopic (exact) mass is 183 g/mol. The van der Waals surface area contributed by atoms with E-state index in [4.69, 9.17) is 11.6 Å². The SMILES string of the molecule is OC1CNc2cccc(Cl)c2C1. The highest BCUT2D eigenvalue weighted by Gasteiger charge is 2.17. The fourth-order valence-corrected chi connectivity index (χ4v) is 1.72. The summed E-state index contributed by atoms with van der Waals surface area (Å²) in [7, 11) is 0. The average molecular weight is 184 g/mol. The predicted molar refractivity (Wildman–Crippen MR) is 49.7 cm³/mol. The third-order valence-corrected chi connectivity index (χ3v) is 2.44. The van der Waals surface area contributed by atoms with Gasteiger partial charge in [0.05, 0.1) is 6.10 Å². The van der Waals surface area contributed by atoms with Gasteiger partial charge in [0.25, 0.3) is 0 Å². The second-order valence-electron chi connectivity index (χ2n) is 3.00. The van der Waals surface area contributed by atoms with E-state index in [1.165, 1.54) is 0 Å². The molecule has 1 aliphatic heterocycles. The predicted octanol–water partition coefficient (Wildman–Crippen LogP) is 1.67. The molecule has 1 unspecified atom stereocenters. The number of aliphatic hydroxyl groups excluding tert-OH is 1. The zero-order valence-corrected chi connectivity index (χ0v) is 7.30. The van der Waals surface area contributed by atoms with Crippen molar-refractivity contribution in [1.29, 1.82) is 0 Å². The quantitative estimate of drug-likeness (QED) is 0.642. The van der Waals surface area contributed by atoms with Crippen LogP contribution in [-0.2, 0) is 6.42 Å². The number of hydrogen-bond acceptors (Lipinski definition) is 2. The van der Waals surface area contributed by atoms with E-state index in [2.05, 4.69) is 5.32 Å². The van der Waals surface area contributed by atoms with Crippen molar-refractivity contribution in [3.05, 3.63) is 28.8 Å². The molecule has 0 amide bonds. The first-order valence-corrected chi connectivity index (χ1v) is 4.34. The summed E-state index contributed by atoms with van der Waals surface area (Å²) in [5.41, 5.74) is 2.07. The van der Waals surface area contributed by atoms with Gasteiger partial charge < -0.3 is 10.4 Å². The van der Waals surface area contributed by atoms with Gasteiger partial charge >= 0.3 is 0 Å². The molecule has 1 aromatic rings. The highest BCUT2D eigenvalue weighted by molar-refractivity contribution is 6.31. The number of anilines is 1. The van der Waals surface area contributed by atoms with E-state index >= 15 is 0 Å². The molecule has 1 aromatic carbocycles. The minimum atomic E-state index is -0.308. The third-order valence-electron chi connectivity index (χ3n) is 2.09. The van der Waals surface area contributed by atoms with Crippen LogP contribution in [0.3, 0.4) is 0 Å². The van der Waals surface area contributed by atoms with Crippen molar-refractivity contribution in [2.75, 3.05) is 11.9 Å². The van der Waals surface area contributed by atoms with Gasteiger partial charge in [-0.05, 0) is 17.7 Å². The van der Waals surface area contributed by atoms with Gasteiger partial charge in [0, 0.05) is 23.7 Å². The first-order valence-electron chi connectivity index (χ1n) is 3.96. The highest BCUT2D eigenvalue weighted by atomic mass is 35.5. The molecule has 0 bridgehead atoms. The zero-order chi connectivity index (χ0) is 8.55. The normalized spacial score (nSPS) is 21.3. The molecular weight excluding hydrogens is 174 g/mol. The van der Waals surface area contributed by atoms with Gasteiger partial charge in [-0.2, -0.15) is 0 Å². The van der Waals surface area contributed by atoms with Gasteiger partial charge in [0.15, 0.2) is 0 Å². The highest BCUT2D eigenvalue weighted by Crippen LogP contribution is 2.28. The summed E-state index contributed by atoms with van der Waals surface area (Å²) in [4.78, 5) is 0. The third kappa shape index (κ3) is 1.28. The first kappa shape index (κ1) is 7.90. The van der Waals surface area contributed by atoms with E-state index in [1.807, 2.05) is 18.2 Å². The van der Waals surface area contributed by atoms with Crippen LogP contribution in [0.4, 0.5) is 5.69 Å². The van der Waals surface area contributed by atoms with E-state index in [0.717, 1.165) is 16.3 Å². The lowest BCUT2D eigenvalue weighted by molar-refractivity contribution is 0.184. The van der Waals surface area contributed by atoms with Crippen molar-refractivity contribution in [2.45, 2.75) is 12.5 Å². The lowest BCUT2D eigenvalue weighted by Gasteiger charge is -2.23. The van der Waals surface area contributed by atoms with Crippen molar-refractivity contribution in [3.63, 3.8) is 0 Å². The Labute approximate surface area is 76.2 Å². The number of hydrogen-bond donors (Lipinski definition) is 2. The molecule has 0 aromatic heterocycles. The average Bonchev–Trinajstić information content (AvgIpc) is 2.07. The van der Waals surface area contributed by atoms with Crippen LogP contribution in [0.1, 0.15) is 5.56 Å². The Morgan fingerprint density at radius 3 is 3.17 bits per heavy atom. The Hall–Kier alpha value is -0.730. The number of aliphatic hydroxyl groups is 1. The first-order chi connectivity index (χ1) is 5.77. The molecule has 1 atom stereocenters. The summed E-state index contributed by atoms with van der Waals surface area (Å²) >= 11 is 5.96. The van der Waals surface area contributed by atoms with Crippen molar-refractivity contribution >= 4 is 17.3 Å². The van der Waals surface area contributed by atoms with Gasteiger partial charge in [-0.25, -0.2) is 0 Å². The Morgan fingerprint density at radius 1 is 1.50 bits per heavy atom. The fraction of sp³-hybridized carbons (Fsp3) is 0.333. The van der Waals surface area contributed by atoms with Gasteiger partial charge in [-0.15, -0.1) is 0 Å². The van der Waals surface area contributed by atoms with Crippen LogP contribution in [-0.4, -0.2) is 17.8 Å². The van der Waals surface area contributed by atoms with Crippen molar-refractivity contribution in [1.82, 2.24) is 0 Å². The number of halogens is 1. The summed E-state index contributed by atoms with van der Waals surface area (Å²) in [6.45, 7) is 0.618. The van der Waals surface area contributed by atoms with E-state index in [-0.39, 0.29) is 6.10 Å². The smallest absolute Gasteiger partial charge is 0.0754 e. The summed E-state index contributed by atoms with van der Waals surface area (Å²) in [6.07, 6.45) is 0.347. The topological polar surface area (TPSA) is 32.3 Å². The van der Waals surface area contributed by atoms with Crippen LogP contribution in [0.25, 0.3) is 0 Å². The van der Waals surface area contributed by atoms with Crippen LogP contribution >= 0.6 is 11.6 Å². The summed E-state index contributed by atoms with van der Waals surface area (Å²) < 4.78 is 0. The van der Waals surface area contributed by atoms with Crippen LogP contribution in [0, 0.1) is 0 Å². The van der Waals surface area contributed by atoms with Crippen LogP contribution in [0.2, 0.25) is 5.02 Å². The van der Waals surface area contributed by atoms with Gasteiger partial charge in [0.2, 0.25) is 0 Å². The molecule has 12 heavy (non-hydrogen) atoms. The maximum absolute atomic E-state index is 9.36. The fourth-order valence-electron chi connectivity index (χ4n) is 1.47. The summed E-state index contributed by atoms with van der Waals surface area (Å²) in [5, 5.41) is 13.2. The second-order valence-corrected chi connectivity index (χ2v) is 3.41. The van der Waals surface area contributed by atoms with Crippen LogP contribution < -0.4 is 5.32 Å². The molecule has 1 aliphatic rings. The standard InChI is InChI=1S/C9H10ClNO/c10-8-2-1-3-9-7(8)4-6(12)5-11-9/h1-3,6,11-12H,4-5H2. The Bertz CT molecular complexity index is 301. The lowest BCUT2D eigenvalue weighted by atomic mass is 10.0. The molecule has 64 valence electrons. The Balaban J connectivity index is 2.43. The molecule has 0 aliphatic carbocycles. The minimum absolute atomic E-state index is 0.308. The number of benzene rings is 1. The summed E-state index contributed by atoms with van der Waals surface area (Å²) in [6, 6.07) is 5.74. The molecule has 0 saturated heterocycles. The van der Waals surface area contributed by atoms with Gasteiger partial charge in [-0.1, -0.05) is 17.7 Å². The Morgan fingerprint density at radius 2 is 2.33 bits per heavy atom. The van der Waals surface area contributed by atoms with Gasteiger partial charge in [0.1, 0.15) is 0 Å². The van der Waals surface area contributed by atoms with Crippen molar-refractivity contribution < 1.29 is 5.11 Å². The number of nitrogens with one attached hydrogen (secondary N) is 1. The largest absolute Gasteiger partial charge is 0.391 e. The maximum atomic E-state index is 9.36. The number of β-amino-alcohol motifs (C(OH)–C–C–N with tert-alkyl or cyclic N) is 1. The van der Waals surface area contributed by atoms with E-state index in [9.17, 15) is 5.11 Å². The van der Waals surface area contributed by atoms with Crippen LogP contribution in [0.5, 0.6) is 0 Å². The maximum Gasteiger partial charge on any atom is 0.0754 e. The Kier molecular flexibility index (Phi) is 1.95. The molecule has 3 heteroatoms. The van der Waals surface area contributed by atoms with Gasteiger partial charge in [-0.3, -0.25) is 0 Å². The lowest BCUT2D eigenvalue weighted by Crippen LogP contribution is -2.27. The molecule has 0 spiro atoms. The molecular formula is C9H10ClNO. The molecule has 0 saturated carbocycles. The molecule has 2 nitrogen and oxygen atoms in total. The second kappa shape index (κ2) is 2.96. The van der Waals surface area contributed by atoms with E-state index in [1.54, 1.807) is 0 Å². The van der Waals surface area contributed by atoms with E-state index in [0.29, 0.717) is 13.0 Å². The number of fused-ring (bicyclic) bond motifs is 1. The summed E-state index contributed by atoms with van der Waals surface area (Å²) in [5.74, 6) is 0. The van der Waals surface area contributed by atoms with E-state index < -0.39 is 0 Å². The number of rotatable bonds is 0. The molecule has 0 fully saturated rings. The molecule has 0 radical (unpaired) electrons. The van der Waals surface area contributed by atoms with Crippen molar-refractivity contribution in [3.8, 4) is 0 Å². The molecule has 2 rings (SSSR count). The van der Waals surface area contributed by atoms with Crippen molar-refractivity contribution in [2.24, 2.45) is 0 Å². The molecule has 2 N–H and O–H groups in total. The van der Waals surface area contributed by atoms with Crippen LogP contribution in [0.15, 0.2) is 18.2 Å². The zero-order valence-electron chi connectivity index (χ0n) is 6.55. The minimum Gasteiger partial charge on any atom is -0.391 e.